The van der Waals surface area contributed by atoms with E-state index in [4.69, 9.17) is 5.73 Å². The second-order valence-electron chi connectivity index (χ2n) is 8.79. The standard InChI is InChI=1S/C23H31N7O2/c1-28-22(31)11-21(29-9-3-4-18(25)15-29)30(23(28)32)14-17-10-19(7-6-16(17)12-24)27-20-5-2-8-26-13-20/h6-7,10-11,18,20,26-27H,2-5,8-9,13-15,25H2,1H3/t18-,20+/m0/s1. The van der Waals surface area contributed by atoms with Crippen LogP contribution in [0, 0.1) is 11.3 Å². The molecule has 2 aromatic rings. The van der Waals surface area contributed by atoms with Gasteiger partial charge >= 0.3 is 5.69 Å². The quantitative estimate of drug-likeness (QED) is 0.625. The lowest BCUT2D eigenvalue weighted by atomic mass is 10.0. The van der Waals surface area contributed by atoms with E-state index in [9.17, 15) is 14.9 Å². The third-order valence-electron chi connectivity index (χ3n) is 6.38. The van der Waals surface area contributed by atoms with Crippen molar-refractivity contribution >= 4 is 11.5 Å². The number of anilines is 2. The van der Waals surface area contributed by atoms with Crippen LogP contribution in [-0.2, 0) is 13.6 Å². The number of hydrogen-bond donors (Lipinski definition) is 3. The van der Waals surface area contributed by atoms with Crippen LogP contribution in [0.25, 0.3) is 0 Å². The molecule has 9 heteroatoms. The summed E-state index contributed by atoms with van der Waals surface area (Å²) in [6.07, 6.45) is 4.04. The van der Waals surface area contributed by atoms with Crippen LogP contribution in [0.2, 0.25) is 0 Å². The van der Waals surface area contributed by atoms with Gasteiger partial charge in [-0.05, 0) is 56.0 Å². The molecule has 2 aliphatic rings. The third kappa shape index (κ3) is 4.71. The van der Waals surface area contributed by atoms with E-state index in [2.05, 4.69) is 16.7 Å². The number of nitrogens with one attached hydrogen (secondary N) is 2. The minimum atomic E-state index is -0.398. The van der Waals surface area contributed by atoms with E-state index < -0.39 is 5.69 Å². The Morgan fingerprint density at radius 3 is 2.81 bits per heavy atom. The molecule has 2 saturated heterocycles. The van der Waals surface area contributed by atoms with Crippen LogP contribution in [0.1, 0.15) is 36.8 Å². The van der Waals surface area contributed by atoms with Gasteiger partial charge in [0.1, 0.15) is 5.82 Å². The first-order valence-corrected chi connectivity index (χ1v) is 11.3. The van der Waals surface area contributed by atoms with Gasteiger partial charge in [0.15, 0.2) is 0 Å². The summed E-state index contributed by atoms with van der Waals surface area (Å²) >= 11 is 0. The number of aromatic nitrogens is 2. The molecule has 2 aliphatic heterocycles. The second kappa shape index (κ2) is 9.59. The summed E-state index contributed by atoms with van der Waals surface area (Å²) in [6.45, 7) is 3.47. The lowest BCUT2D eigenvalue weighted by Gasteiger charge is -2.34. The molecule has 4 N–H and O–H groups in total. The number of piperidine rings is 2. The number of hydrogen-bond acceptors (Lipinski definition) is 7. The monoisotopic (exact) mass is 437 g/mol. The van der Waals surface area contributed by atoms with Gasteiger partial charge in [0.25, 0.3) is 5.56 Å². The molecule has 0 amide bonds. The Morgan fingerprint density at radius 1 is 1.25 bits per heavy atom. The largest absolute Gasteiger partial charge is 0.381 e. The average molecular weight is 438 g/mol. The van der Waals surface area contributed by atoms with Crippen LogP contribution in [0.15, 0.2) is 33.9 Å². The molecule has 1 aromatic heterocycles. The van der Waals surface area contributed by atoms with Crippen molar-refractivity contribution in [1.82, 2.24) is 14.5 Å². The van der Waals surface area contributed by atoms with Crippen molar-refractivity contribution < 1.29 is 0 Å². The molecule has 0 radical (unpaired) electrons. The van der Waals surface area contributed by atoms with E-state index in [-0.39, 0.29) is 18.1 Å². The van der Waals surface area contributed by atoms with Crippen LogP contribution < -0.4 is 32.5 Å². The van der Waals surface area contributed by atoms with Crippen molar-refractivity contribution in [3.63, 3.8) is 0 Å². The Balaban J connectivity index is 1.70. The Morgan fingerprint density at radius 2 is 2.09 bits per heavy atom. The van der Waals surface area contributed by atoms with Gasteiger partial charge in [-0.1, -0.05) is 0 Å². The highest BCUT2D eigenvalue weighted by molar-refractivity contribution is 5.53. The van der Waals surface area contributed by atoms with Crippen LogP contribution in [0.5, 0.6) is 0 Å². The molecule has 170 valence electrons. The minimum Gasteiger partial charge on any atom is -0.381 e. The van der Waals surface area contributed by atoms with E-state index in [0.717, 1.165) is 61.1 Å². The molecule has 0 bridgehead atoms. The number of nitriles is 1. The number of rotatable bonds is 5. The average Bonchev–Trinajstić information content (AvgIpc) is 2.80. The van der Waals surface area contributed by atoms with Gasteiger partial charge < -0.3 is 21.3 Å². The predicted octanol–water partition coefficient (Wildman–Crippen LogP) is 0.558. The summed E-state index contributed by atoms with van der Waals surface area (Å²) < 4.78 is 2.69. The van der Waals surface area contributed by atoms with E-state index in [1.807, 2.05) is 17.0 Å². The van der Waals surface area contributed by atoms with Crippen molar-refractivity contribution in [1.29, 1.82) is 5.26 Å². The van der Waals surface area contributed by atoms with Crippen LogP contribution >= 0.6 is 0 Å². The van der Waals surface area contributed by atoms with Gasteiger partial charge in [-0.25, -0.2) is 4.79 Å². The molecule has 0 unspecified atom stereocenters. The minimum absolute atomic E-state index is 0.00246. The third-order valence-corrected chi connectivity index (χ3v) is 6.38. The first-order valence-electron chi connectivity index (χ1n) is 11.3. The number of nitrogens with zero attached hydrogens (tertiary/aromatic N) is 4. The molecular formula is C23H31N7O2. The van der Waals surface area contributed by atoms with E-state index in [0.29, 0.717) is 24.0 Å². The Kier molecular flexibility index (Phi) is 6.63. The summed E-state index contributed by atoms with van der Waals surface area (Å²) in [5.41, 5.74) is 7.59. The fourth-order valence-electron chi connectivity index (χ4n) is 4.59. The summed E-state index contributed by atoms with van der Waals surface area (Å²) in [4.78, 5) is 27.5. The Hall–Kier alpha value is -3.09. The van der Waals surface area contributed by atoms with E-state index in [1.165, 1.54) is 13.1 Å². The molecule has 32 heavy (non-hydrogen) atoms. The molecule has 3 heterocycles. The molecule has 0 spiro atoms. The highest BCUT2D eigenvalue weighted by atomic mass is 16.2. The number of nitrogens with two attached hydrogens (primary N) is 1. The predicted molar refractivity (Wildman–Crippen MR) is 125 cm³/mol. The molecule has 1 aromatic carbocycles. The highest BCUT2D eigenvalue weighted by Crippen LogP contribution is 2.22. The maximum absolute atomic E-state index is 13.1. The molecule has 2 fully saturated rings. The summed E-state index contributed by atoms with van der Waals surface area (Å²) in [5.74, 6) is 0.562. The van der Waals surface area contributed by atoms with Gasteiger partial charge in [-0.3, -0.25) is 13.9 Å². The lowest BCUT2D eigenvalue weighted by Crippen LogP contribution is -2.47. The zero-order chi connectivity index (χ0) is 22.7. The van der Waals surface area contributed by atoms with Crippen LogP contribution in [0.3, 0.4) is 0 Å². The first kappa shape index (κ1) is 22.1. The molecule has 0 aliphatic carbocycles. The molecular weight excluding hydrogens is 406 g/mol. The van der Waals surface area contributed by atoms with Gasteiger partial charge in [-0.2, -0.15) is 5.26 Å². The van der Waals surface area contributed by atoms with Crippen molar-refractivity contribution in [2.75, 3.05) is 36.4 Å². The van der Waals surface area contributed by atoms with Crippen molar-refractivity contribution in [2.45, 2.75) is 44.3 Å². The van der Waals surface area contributed by atoms with Crippen LogP contribution in [0.4, 0.5) is 11.5 Å². The van der Waals surface area contributed by atoms with Crippen molar-refractivity contribution in [3.8, 4) is 6.07 Å². The zero-order valence-corrected chi connectivity index (χ0v) is 18.5. The molecule has 9 nitrogen and oxygen atoms in total. The summed E-state index contributed by atoms with van der Waals surface area (Å²) in [7, 11) is 1.48. The summed E-state index contributed by atoms with van der Waals surface area (Å²) in [6, 6.07) is 9.71. The first-order chi connectivity index (χ1) is 15.5. The maximum atomic E-state index is 13.1. The fourth-order valence-corrected chi connectivity index (χ4v) is 4.59. The van der Waals surface area contributed by atoms with Gasteiger partial charge in [0.05, 0.1) is 18.2 Å². The SMILES string of the molecule is Cn1c(=O)cc(N2CCC[C@H](N)C2)n(Cc2cc(N[C@@H]3CCCNC3)ccc2C#N)c1=O. The van der Waals surface area contributed by atoms with Gasteiger partial charge in [0, 0.05) is 50.5 Å². The lowest BCUT2D eigenvalue weighted by molar-refractivity contribution is 0.480. The zero-order valence-electron chi connectivity index (χ0n) is 18.5. The number of benzene rings is 1. The maximum Gasteiger partial charge on any atom is 0.332 e. The topological polar surface area (TPSA) is 121 Å². The van der Waals surface area contributed by atoms with E-state index in [1.54, 1.807) is 10.6 Å². The van der Waals surface area contributed by atoms with Crippen LogP contribution in [-0.4, -0.2) is 47.4 Å². The smallest absolute Gasteiger partial charge is 0.332 e. The van der Waals surface area contributed by atoms with Crippen molar-refractivity contribution in [2.24, 2.45) is 12.8 Å². The second-order valence-corrected chi connectivity index (χ2v) is 8.79. The Labute approximate surface area is 187 Å². The normalized spacial score (nSPS) is 21.2. The summed E-state index contributed by atoms with van der Waals surface area (Å²) in [5, 5.41) is 16.6. The molecule has 4 rings (SSSR count). The van der Waals surface area contributed by atoms with Gasteiger partial charge in [0.2, 0.25) is 0 Å². The van der Waals surface area contributed by atoms with E-state index >= 15 is 0 Å². The highest BCUT2D eigenvalue weighted by Gasteiger charge is 2.22. The molecule has 2 atom stereocenters. The Bertz CT molecular complexity index is 1120. The van der Waals surface area contributed by atoms with Gasteiger partial charge in [-0.15, -0.1) is 0 Å². The fraction of sp³-hybridized carbons (Fsp3) is 0.522. The molecule has 0 saturated carbocycles. The van der Waals surface area contributed by atoms with Crippen molar-refractivity contribution in [3.05, 3.63) is 56.2 Å².